The average Bonchev–Trinajstić information content (AvgIpc) is 1.27. The van der Waals surface area contributed by atoms with Crippen molar-refractivity contribution in [3.05, 3.63) is 0 Å². The molecule has 0 atom stereocenters. The molecule has 0 bridgehead atoms. The number of halogens is 2. The predicted octanol–water partition coefficient (Wildman–Crippen LogP) is 1.50. The summed E-state index contributed by atoms with van der Waals surface area (Å²) in [5, 5.41) is 0. The Bertz CT molecular complexity index is 112. The first-order chi connectivity index (χ1) is 3.41. The third kappa shape index (κ3) is 166. The first-order valence-corrected chi connectivity index (χ1v) is 10.5. The third-order valence-corrected chi connectivity index (χ3v) is 0. The summed E-state index contributed by atoms with van der Waals surface area (Å²) in [7, 11) is 4.81. The van der Waals surface area contributed by atoms with Gasteiger partial charge in [-0.25, -0.2) is 0 Å². The summed E-state index contributed by atoms with van der Waals surface area (Å²) in [5.41, 5.74) is 0. The first kappa shape index (κ1) is 12.0. The molecule has 0 aliphatic heterocycles. The Morgan fingerprint density at radius 3 is 1.25 bits per heavy atom. The van der Waals surface area contributed by atoms with Crippen molar-refractivity contribution in [3.63, 3.8) is 0 Å². The van der Waals surface area contributed by atoms with Crippen LogP contribution in [0.3, 0.4) is 0 Å². The number of rotatable bonds is 0. The van der Waals surface area contributed by atoms with Gasteiger partial charge in [0.2, 0.25) is 0 Å². The van der Waals surface area contributed by atoms with Crippen molar-refractivity contribution in [2.24, 2.45) is 0 Å². The molecule has 0 aliphatic rings. The Morgan fingerprint density at radius 2 is 1.25 bits per heavy atom. The van der Waals surface area contributed by atoms with Crippen LogP contribution in [0.2, 0.25) is 9.88 Å². The van der Waals surface area contributed by atoms with E-state index < -0.39 is 8.26 Å². The molecule has 0 amide bonds. The van der Waals surface area contributed by atoms with E-state index in [-0.39, 0.29) is 21.1 Å². The summed E-state index contributed by atoms with van der Waals surface area (Å²) in [5.74, 6) is 0. The Hall–Kier alpha value is 1.33. The molecule has 0 aromatic rings. The first-order valence-electron chi connectivity index (χ1n) is 1.64. The van der Waals surface area contributed by atoms with Gasteiger partial charge in [0.1, 0.15) is 0 Å². The normalized spacial score (nSPS) is 9.50. The van der Waals surface area contributed by atoms with Crippen LogP contribution in [0.4, 0.5) is 0 Å². The molecule has 0 aromatic heterocycles. The van der Waals surface area contributed by atoms with E-state index in [1.165, 1.54) is 0 Å². The van der Waals surface area contributed by atoms with Crippen LogP contribution in [0, 0.1) is 0 Å². The molecule has 0 N–H and O–H groups in total. The van der Waals surface area contributed by atoms with E-state index >= 15 is 0 Å². The Kier molecular flexibility index (Phi) is 9.71. The summed E-state index contributed by atoms with van der Waals surface area (Å²) >= 11 is 0.230. The van der Waals surface area contributed by atoms with Crippen molar-refractivity contribution in [1.29, 1.82) is 0 Å². The van der Waals surface area contributed by atoms with E-state index in [0.717, 1.165) is 0 Å². The molecule has 6 heteroatoms. The van der Waals surface area contributed by atoms with Gasteiger partial charge in [-0.2, -0.15) is 8.42 Å². The van der Waals surface area contributed by atoms with Gasteiger partial charge in [-0.1, -0.05) is 0 Å². The molecule has 0 aromatic carbocycles. The second-order valence-electron chi connectivity index (χ2n) is 0.878. The van der Waals surface area contributed by atoms with Crippen LogP contribution in [0.5, 0.6) is 0 Å². The molecule has 0 rings (SSSR count). The molecule has 2 nitrogen and oxygen atoms in total. The van der Waals surface area contributed by atoms with Crippen LogP contribution in [0.25, 0.3) is 0 Å². The molecule has 0 saturated carbocycles. The fourth-order valence-corrected chi connectivity index (χ4v) is 0. The van der Waals surface area contributed by atoms with Gasteiger partial charge < -0.3 is 0 Å². The molecule has 50 valence electrons. The summed E-state index contributed by atoms with van der Waals surface area (Å²) < 4.78 is 18.3. The van der Waals surface area contributed by atoms with Crippen LogP contribution in [-0.2, 0) is 8.26 Å². The van der Waals surface area contributed by atoms with Gasteiger partial charge in [0.05, 0.1) is 0 Å². The van der Waals surface area contributed by atoms with Gasteiger partial charge in [0.15, 0.2) is 0 Å². The molecule has 0 aliphatic carbocycles. The minimum atomic E-state index is -3.72. The zero-order valence-electron chi connectivity index (χ0n) is 4.48. The summed E-state index contributed by atoms with van der Waals surface area (Å²) in [6.07, 6.45) is 0. The van der Waals surface area contributed by atoms with Crippen molar-refractivity contribution < 1.29 is 8.42 Å². The maximum absolute atomic E-state index is 9.16. The summed E-state index contributed by atoms with van der Waals surface area (Å²) in [6, 6.07) is 0. The van der Waals surface area contributed by atoms with E-state index in [0.29, 0.717) is 0 Å². The molecular formula is C2H6Cl2O2SSn. The predicted molar refractivity (Wildman–Crippen MR) is 38.1 cm³/mol. The third-order valence-electron chi connectivity index (χ3n) is 0. The van der Waals surface area contributed by atoms with Crippen LogP contribution in [0.1, 0.15) is 0 Å². The number of hydrogen-bond acceptors (Lipinski definition) is 2. The molecular weight excluding hydrogens is 278 g/mol. The SMILES string of the molecule is O=S(=O)(Cl)Cl.[CH3][Sn][CH3]. The Balaban J connectivity index is 0. The van der Waals surface area contributed by atoms with Crippen LogP contribution < -0.4 is 0 Å². The fourth-order valence-electron chi connectivity index (χ4n) is 0. The number of hydrogen-bond donors (Lipinski definition) is 0. The van der Waals surface area contributed by atoms with Gasteiger partial charge in [-0.3, -0.25) is 0 Å². The zero-order valence-corrected chi connectivity index (χ0v) is 9.66. The van der Waals surface area contributed by atoms with Crippen molar-refractivity contribution >= 4 is 50.8 Å². The maximum atomic E-state index is 9.16. The van der Waals surface area contributed by atoms with E-state index in [4.69, 9.17) is 8.42 Å². The van der Waals surface area contributed by atoms with E-state index in [1.807, 2.05) is 0 Å². The minimum absolute atomic E-state index is 0.230. The van der Waals surface area contributed by atoms with Crippen molar-refractivity contribution in [2.45, 2.75) is 9.88 Å². The van der Waals surface area contributed by atoms with Gasteiger partial charge >= 0.3 is 39.3 Å². The standard InChI is InChI=1S/2CH3.Cl2O2S.Sn/c;;1-5(2,3)4;/h2*1H3;;. The molecule has 2 radical (unpaired) electrons. The van der Waals surface area contributed by atoms with Gasteiger partial charge in [0.25, 0.3) is 0 Å². The Labute approximate surface area is 68.7 Å². The van der Waals surface area contributed by atoms with Gasteiger partial charge in [0, 0.05) is 21.4 Å². The second-order valence-corrected chi connectivity index (χ2v) is 7.40. The molecule has 8 heavy (non-hydrogen) atoms. The average molecular weight is 284 g/mol. The molecule has 0 saturated heterocycles. The Morgan fingerprint density at radius 1 is 1.25 bits per heavy atom. The van der Waals surface area contributed by atoms with E-state index in [1.54, 1.807) is 0 Å². The topological polar surface area (TPSA) is 34.1 Å². The summed E-state index contributed by atoms with van der Waals surface area (Å²) in [4.78, 5) is 4.59. The van der Waals surface area contributed by atoms with Gasteiger partial charge in [-0.05, 0) is 0 Å². The van der Waals surface area contributed by atoms with E-state index in [2.05, 4.69) is 31.2 Å². The molecule has 0 fully saturated rings. The van der Waals surface area contributed by atoms with Crippen LogP contribution in [0.15, 0.2) is 0 Å². The molecule has 0 unspecified atom stereocenters. The molecule has 0 heterocycles. The quantitative estimate of drug-likeness (QED) is 0.499. The zero-order chi connectivity index (χ0) is 7.21. The van der Waals surface area contributed by atoms with Crippen LogP contribution >= 0.6 is 21.4 Å². The van der Waals surface area contributed by atoms with Crippen molar-refractivity contribution in [3.8, 4) is 0 Å². The molecule has 0 spiro atoms. The fraction of sp³-hybridized carbons (Fsp3) is 1.00. The van der Waals surface area contributed by atoms with Gasteiger partial charge in [-0.15, -0.1) is 0 Å². The van der Waals surface area contributed by atoms with Crippen molar-refractivity contribution in [2.75, 3.05) is 0 Å². The van der Waals surface area contributed by atoms with Crippen molar-refractivity contribution in [1.82, 2.24) is 0 Å². The second kappa shape index (κ2) is 6.45. The van der Waals surface area contributed by atoms with Crippen LogP contribution in [-0.4, -0.2) is 29.6 Å². The monoisotopic (exact) mass is 284 g/mol. The van der Waals surface area contributed by atoms with E-state index in [9.17, 15) is 0 Å². The summed E-state index contributed by atoms with van der Waals surface area (Å²) in [6.45, 7) is 0.